The molecule has 0 aliphatic heterocycles. The number of nitrogens with zero attached hydrogens (tertiary/aromatic N) is 5. The Kier molecular flexibility index (Phi) is 7.79. The van der Waals surface area contributed by atoms with Crippen LogP contribution in [0.2, 0.25) is 0 Å². The van der Waals surface area contributed by atoms with Crippen molar-refractivity contribution in [1.29, 1.82) is 0 Å². The molecule has 37 heavy (non-hydrogen) atoms. The summed E-state index contributed by atoms with van der Waals surface area (Å²) in [7, 11) is 1.45. The number of aryl methyl sites for hydroxylation is 2. The van der Waals surface area contributed by atoms with E-state index in [1.807, 2.05) is 6.92 Å². The Morgan fingerprint density at radius 3 is 2.46 bits per heavy atom. The number of aromatic nitrogens is 5. The van der Waals surface area contributed by atoms with Gasteiger partial charge in [0.1, 0.15) is 23.3 Å². The molecule has 0 unspecified atom stereocenters. The first-order valence-electron chi connectivity index (χ1n) is 11.3. The Morgan fingerprint density at radius 1 is 0.973 bits per heavy atom. The van der Waals surface area contributed by atoms with Gasteiger partial charge in [-0.1, -0.05) is 0 Å². The van der Waals surface area contributed by atoms with Crippen molar-refractivity contribution in [2.24, 2.45) is 0 Å². The van der Waals surface area contributed by atoms with Crippen molar-refractivity contribution in [1.82, 2.24) is 30.4 Å². The van der Waals surface area contributed by atoms with Gasteiger partial charge in [-0.2, -0.15) is 0 Å². The first-order valence-corrected chi connectivity index (χ1v) is 11.3. The van der Waals surface area contributed by atoms with Gasteiger partial charge in [0.2, 0.25) is 0 Å². The van der Waals surface area contributed by atoms with Crippen molar-refractivity contribution in [3.8, 4) is 17.1 Å². The number of nitrogens with one attached hydrogen (secondary N) is 3. The maximum atomic E-state index is 14.7. The van der Waals surface area contributed by atoms with Crippen molar-refractivity contribution in [2.45, 2.75) is 20.8 Å². The van der Waals surface area contributed by atoms with Gasteiger partial charge in [-0.3, -0.25) is 9.63 Å². The number of hydrogen-bond acceptors (Lipinski definition) is 10. The summed E-state index contributed by atoms with van der Waals surface area (Å²) < 4.78 is 20.3. The van der Waals surface area contributed by atoms with Crippen LogP contribution in [0.15, 0.2) is 48.9 Å². The third-order valence-electron chi connectivity index (χ3n) is 5.01. The SMILES string of the molecule is CCONC(=O)c1cnc(Nc2cc(C)nc(C)n2)cc1Nc1cc(F)cc(-c2ncccn2)c1OC. The highest BCUT2D eigenvalue weighted by molar-refractivity contribution is 6.00. The molecule has 0 spiro atoms. The molecule has 0 aliphatic rings. The number of benzene rings is 1. The minimum atomic E-state index is -0.551. The van der Waals surface area contributed by atoms with Gasteiger partial charge >= 0.3 is 0 Å². The molecule has 3 N–H and O–H groups in total. The number of pyridine rings is 1. The van der Waals surface area contributed by atoms with Crippen LogP contribution < -0.4 is 20.9 Å². The van der Waals surface area contributed by atoms with E-state index in [1.54, 1.807) is 44.4 Å². The van der Waals surface area contributed by atoms with Gasteiger partial charge in [0, 0.05) is 42.5 Å². The third kappa shape index (κ3) is 6.11. The quantitative estimate of drug-likeness (QED) is 0.284. The number of hydrogen-bond donors (Lipinski definition) is 3. The molecule has 0 radical (unpaired) electrons. The molecule has 12 heteroatoms. The molecule has 11 nitrogen and oxygen atoms in total. The average molecular weight is 505 g/mol. The number of hydroxylamine groups is 1. The fraction of sp³-hybridized carbons (Fsp3) is 0.200. The van der Waals surface area contributed by atoms with Gasteiger partial charge in [-0.05, 0) is 32.9 Å². The van der Waals surface area contributed by atoms with E-state index in [1.165, 1.54) is 25.4 Å². The molecule has 4 aromatic rings. The first-order chi connectivity index (χ1) is 17.9. The van der Waals surface area contributed by atoms with E-state index in [0.717, 1.165) is 5.69 Å². The van der Waals surface area contributed by atoms with Crippen LogP contribution in [-0.4, -0.2) is 44.5 Å². The maximum absolute atomic E-state index is 14.7. The summed E-state index contributed by atoms with van der Waals surface area (Å²) in [4.78, 5) is 39.2. The number of anilines is 4. The van der Waals surface area contributed by atoms with Gasteiger partial charge in [0.25, 0.3) is 5.91 Å². The Labute approximate surface area is 212 Å². The molecule has 0 fully saturated rings. The average Bonchev–Trinajstić information content (AvgIpc) is 2.87. The molecule has 0 bridgehead atoms. The van der Waals surface area contributed by atoms with E-state index in [2.05, 4.69) is 41.0 Å². The number of amides is 1. The third-order valence-corrected chi connectivity index (χ3v) is 5.01. The smallest absolute Gasteiger partial charge is 0.278 e. The first kappa shape index (κ1) is 25.4. The highest BCUT2D eigenvalue weighted by atomic mass is 19.1. The van der Waals surface area contributed by atoms with Gasteiger partial charge in [0.15, 0.2) is 11.6 Å². The highest BCUT2D eigenvalue weighted by Crippen LogP contribution is 2.38. The van der Waals surface area contributed by atoms with Gasteiger partial charge in [-0.15, -0.1) is 0 Å². The van der Waals surface area contributed by atoms with E-state index in [-0.39, 0.29) is 29.4 Å². The largest absolute Gasteiger partial charge is 0.494 e. The van der Waals surface area contributed by atoms with Crippen molar-refractivity contribution >= 4 is 28.9 Å². The Hall–Kier alpha value is -4.71. The minimum absolute atomic E-state index is 0.151. The van der Waals surface area contributed by atoms with Gasteiger partial charge < -0.3 is 15.4 Å². The highest BCUT2D eigenvalue weighted by Gasteiger charge is 2.20. The molecule has 3 heterocycles. The van der Waals surface area contributed by atoms with Crippen LogP contribution in [0, 0.1) is 19.7 Å². The minimum Gasteiger partial charge on any atom is -0.494 e. The van der Waals surface area contributed by atoms with Crippen LogP contribution in [0.4, 0.5) is 27.4 Å². The van der Waals surface area contributed by atoms with Crippen molar-refractivity contribution < 1.29 is 18.8 Å². The summed E-state index contributed by atoms with van der Waals surface area (Å²) in [6.45, 7) is 5.64. The maximum Gasteiger partial charge on any atom is 0.278 e. The van der Waals surface area contributed by atoms with Crippen LogP contribution in [0.5, 0.6) is 5.75 Å². The lowest BCUT2D eigenvalue weighted by Crippen LogP contribution is -2.24. The van der Waals surface area contributed by atoms with E-state index < -0.39 is 11.7 Å². The van der Waals surface area contributed by atoms with Crippen LogP contribution in [0.25, 0.3) is 11.4 Å². The van der Waals surface area contributed by atoms with Crippen LogP contribution in [-0.2, 0) is 4.84 Å². The van der Waals surface area contributed by atoms with E-state index >= 15 is 0 Å². The predicted molar refractivity (Wildman–Crippen MR) is 135 cm³/mol. The van der Waals surface area contributed by atoms with E-state index in [9.17, 15) is 9.18 Å². The second-order valence-electron chi connectivity index (χ2n) is 7.78. The topological polar surface area (TPSA) is 136 Å². The van der Waals surface area contributed by atoms with Crippen molar-refractivity contribution in [3.05, 3.63) is 71.8 Å². The Morgan fingerprint density at radius 2 is 1.76 bits per heavy atom. The summed E-state index contributed by atoms with van der Waals surface area (Å²) in [5, 5.41) is 6.21. The second-order valence-corrected chi connectivity index (χ2v) is 7.78. The lowest BCUT2D eigenvalue weighted by molar-refractivity contribution is 0.0365. The van der Waals surface area contributed by atoms with Crippen LogP contribution >= 0.6 is 0 Å². The molecule has 1 amide bonds. The van der Waals surface area contributed by atoms with E-state index in [4.69, 9.17) is 9.57 Å². The number of rotatable bonds is 9. The summed E-state index contributed by atoms with van der Waals surface area (Å²) >= 11 is 0. The second kappa shape index (κ2) is 11.4. The monoisotopic (exact) mass is 504 g/mol. The standard InChI is InChI=1S/C25H25FN8O3/c1-5-37-34-25(35)18-13-29-21(33-22-9-14(2)30-15(3)31-22)12-19(18)32-20-11-16(26)10-17(23(20)36-4)24-27-7-6-8-28-24/h6-13H,5H2,1-4H3,(H,34,35)(H2,29,30,31,32,33). The zero-order chi connectivity index (χ0) is 26.4. The summed E-state index contributed by atoms with van der Waals surface area (Å²) in [6.07, 6.45) is 4.47. The molecule has 1 aromatic carbocycles. The molecule has 4 rings (SSSR count). The normalized spacial score (nSPS) is 10.6. The molecule has 190 valence electrons. The summed E-state index contributed by atoms with van der Waals surface area (Å²) in [6, 6.07) is 7.54. The molecule has 0 saturated heterocycles. The summed E-state index contributed by atoms with van der Waals surface area (Å²) in [5.41, 5.74) is 4.18. The predicted octanol–water partition coefficient (Wildman–Crippen LogP) is 4.26. The van der Waals surface area contributed by atoms with Crippen LogP contribution in [0.1, 0.15) is 28.8 Å². The molecule has 3 aromatic heterocycles. The molecule has 0 atom stereocenters. The number of carbonyl (C=O) groups excluding carboxylic acids is 1. The fourth-order valence-electron chi connectivity index (χ4n) is 3.57. The Bertz CT molecular complexity index is 1400. The molecular weight excluding hydrogens is 479 g/mol. The number of carbonyl (C=O) groups is 1. The fourth-order valence-corrected chi connectivity index (χ4v) is 3.57. The summed E-state index contributed by atoms with van der Waals surface area (Å²) in [5.74, 6) is 0.981. The number of ether oxygens (including phenoxy) is 1. The zero-order valence-corrected chi connectivity index (χ0v) is 20.7. The lowest BCUT2D eigenvalue weighted by atomic mass is 10.1. The lowest BCUT2D eigenvalue weighted by Gasteiger charge is -2.18. The van der Waals surface area contributed by atoms with E-state index in [0.29, 0.717) is 28.7 Å². The number of halogens is 1. The van der Waals surface area contributed by atoms with Crippen molar-refractivity contribution in [2.75, 3.05) is 24.4 Å². The van der Waals surface area contributed by atoms with Gasteiger partial charge in [0.05, 0.1) is 36.2 Å². The molecular formula is C25H25FN8O3. The molecule has 0 aliphatic carbocycles. The van der Waals surface area contributed by atoms with Crippen molar-refractivity contribution in [3.63, 3.8) is 0 Å². The zero-order valence-electron chi connectivity index (χ0n) is 20.7. The Balaban J connectivity index is 1.77. The van der Waals surface area contributed by atoms with Crippen LogP contribution in [0.3, 0.4) is 0 Å². The molecule has 0 saturated carbocycles. The number of methoxy groups -OCH3 is 1. The van der Waals surface area contributed by atoms with Gasteiger partial charge in [-0.25, -0.2) is 34.8 Å².